The summed E-state index contributed by atoms with van der Waals surface area (Å²) < 4.78 is 20.1. The summed E-state index contributed by atoms with van der Waals surface area (Å²) in [7, 11) is 0. The highest BCUT2D eigenvalue weighted by molar-refractivity contribution is 6.31. The second-order valence-corrected chi connectivity index (χ2v) is 14.8. The van der Waals surface area contributed by atoms with Crippen molar-refractivity contribution in [3.8, 4) is 11.5 Å². The zero-order valence-corrected chi connectivity index (χ0v) is 27.8. The van der Waals surface area contributed by atoms with Crippen LogP contribution in [-0.2, 0) is 25.8 Å². The van der Waals surface area contributed by atoms with Gasteiger partial charge in [-0.1, -0.05) is 59.6 Å². The van der Waals surface area contributed by atoms with Gasteiger partial charge in [-0.15, -0.1) is 0 Å². The molecule has 3 fully saturated rings. The van der Waals surface area contributed by atoms with Crippen LogP contribution in [0.1, 0.15) is 57.6 Å². The molecule has 7 rings (SSSR count). The van der Waals surface area contributed by atoms with Crippen LogP contribution in [-0.4, -0.2) is 39.2 Å². The maximum atomic E-state index is 14.6. The molecular formula is C38H36ClFN2O6. The average molecular weight is 671 g/mol. The highest BCUT2D eigenvalue weighted by Crippen LogP contribution is 2.64. The van der Waals surface area contributed by atoms with Gasteiger partial charge in [0.15, 0.2) is 0 Å². The Morgan fingerprint density at radius 3 is 2.35 bits per heavy atom. The molecule has 0 bridgehead atoms. The van der Waals surface area contributed by atoms with Crippen molar-refractivity contribution in [2.75, 3.05) is 4.90 Å². The van der Waals surface area contributed by atoms with E-state index in [9.17, 15) is 28.7 Å². The van der Waals surface area contributed by atoms with Gasteiger partial charge in [0.2, 0.25) is 23.6 Å². The van der Waals surface area contributed by atoms with Crippen molar-refractivity contribution in [3.05, 3.63) is 100 Å². The fourth-order valence-corrected chi connectivity index (χ4v) is 8.66. The molecule has 2 saturated heterocycles. The average Bonchev–Trinajstić information content (AvgIpc) is 3.42. The molecule has 2 heterocycles. The summed E-state index contributed by atoms with van der Waals surface area (Å²) in [5, 5.41) is 11.4. The number of aromatic hydroxyl groups is 1. The maximum Gasteiger partial charge on any atom is 0.241 e. The SMILES string of the molecule is CC(C)(C)N1C(=O)[C@H]2[C@H](CC=C3[C@H]2C[C@H]2C(=O)N(c4ccc(F)c(Cl)c4)C(=O)[C@@]2(C)[C@H]3c2ccc(OCc3ccccc3)cc2O)C1=O. The molecule has 48 heavy (non-hydrogen) atoms. The lowest BCUT2D eigenvalue weighted by Crippen LogP contribution is -2.49. The topological polar surface area (TPSA) is 104 Å². The van der Waals surface area contributed by atoms with Crippen molar-refractivity contribution in [2.24, 2.45) is 29.1 Å². The van der Waals surface area contributed by atoms with Crippen molar-refractivity contribution >= 4 is 40.9 Å². The largest absolute Gasteiger partial charge is 0.508 e. The number of carbonyl (C=O) groups is 4. The number of ether oxygens (including phenoxy) is 1. The van der Waals surface area contributed by atoms with Crippen molar-refractivity contribution < 1.29 is 33.4 Å². The Bertz CT molecular complexity index is 1900. The normalized spacial score (nSPS) is 28.3. The molecule has 2 aliphatic heterocycles. The van der Waals surface area contributed by atoms with Gasteiger partial charge < -0.3 is 9.84 Å². The van der Waals surface area contributed by atoms with Gasteiger partial charge in [-0.3, -0.25) is 24.1 Å². The number of benzene rings is 3. The number of amides is 4. The number of hydrogen-bond donors (Lipinski definition) is 1. The summed E-state index contributed by atoms with van der Waals surface area (Å²) in [5.74, 6) is -5.47. The summed E-state index contributed by atoms with van der Waals surface area (Å²) >= 11 is 6.09. The number of likely N-dealkylation sites (tertiary alicyclic amines) is 1. The number of fused-ring (bicyclic) bond motifs is 4. The van der Waals surface area contributed by atoms with Crippen LogP contribution in [0.4, 0.5) is 10.1 Å². The van der Waals surface area contributed by atoms with Gasteiger partial charge in [-0.2, -0.15) is 0 Å². The third-order valence-corrected chi connectivity index (χ3v) is 11.0. The fourth-order valence-electron chi connectivity index (χ4n) is 8.49. The highest BCUT2D eigenvalue weighted by Gasteiger charge is 2.68. The third-order valence-electron chi connectivity index (χ3n) is 10.7. The van der Waals surface area contributed by atoms with Crippen molar-refractivity contribution in [2.45, 2.75) is 58.6 Å². The number of phenolic OH excluding ortho intramolecular Hbond substituents is 1. The minimum absolute atomic E-state index is 0.122. The lowest BCUT2D eigenvalue weighted by molar-refractivity contribution is -0.145. The van der Waals surface area contributed by atoms with Crippen LogP contribution in [0.15, 0.2) is 78.4 Å². The van der Waals surface area contributed by atoms with Crippen LogP contribution in [0.5, 0.6) is 11.5 Å². The zero-order chi connectivity index (χ0) is 34.3. The van der Waals surface area contributed by atoms with E-state index in [2.05, 4.69) is 0 Å². The van der Waals surface area contributed by atoms with E-state index in [0.29, 0.717) is 17.7 Å². The molecule has 1 N–H and O–H groups in total. The van der Waals surface area contributed by atoms with Gasteiger partial charge in [0.25, 0.3) is 0 Å². The molecule has 0 spiro atoms. The lowest BCUT2D eigenvalue weighted by Gasteiger charge is -2.49. The Hall–Kier alpha value is -4.50. The van der Waals surface area contributed by atoms with Crippen molar-refractivity contribution in [1.82, 2.24) is 4.90 Å². The molecule has 4 aliphatic rings. The number of imide groups is 2. The summed E-state index contributed by atoms with van der Waals surface area (Å²) in [6.07, 6.45) is 2.39. The molecule has 0 aromatic heterocycles. The van der Waals surface area contributed by atoms with E-state index in [1.54, 1.807) is 19.1 Å². The summed E-state index contributed by atoms with van der Waals surface area (Å²) in [5.41, 5.74) is 0.130. The third kappa shape index (κ3) is 4.77. The summed E-state index contributed by atoms with van der Waals surface area (Å²) in [6.45, 7) is 7.46. The van der Waals surface area contributed by atoms with Crippen molar-refractivity contribution in [3.63, 3.8) is 0 Å². The molecule has 0 radical (unpaired) electrons. The number of rotatable bonds is 5. The van der Waals surface area contributed by atoms with Gasteiger partial charge in [-0.25, -0.2) is 9.29 Å². The molecule has 0 unspecified atom stereocenters. The van der Waals surface area contributed by atoms with Crippen LogP contribution in [0.2, 0.25) is 5.02 Å². The molecular weight excluding hydrogens is 635 g/mol. The van der Waals surface area contributed by atoms with Gasteiger partial charge >= 0.3 is 0 Å². The van der Waals surface area contributed by atoms with Crippen LogP contribution >= 0.6 is 11.6 Å². The fraction of sp³-hybridized carbons (Fsp3) is 0.368. The van der Waals surface area contributed by atoms with Crippen LogP contribution in [0, 0.1) is 34.9 Å². The second-order valence-electron chi connectivity index (χ2n) is 14.4. The molecule has 248 valence electrons. The Morgan fingerprint density at radius 1 is 0.958 bits per heavy atom. The Labute approximate surface area is 283 Å². The van der Waals surface area contributed by atoms with Crippen LogP contribution in [0.3, 0.4) is 0 Å². The summed E-state index contributed by atoms with van der Waals surface area (Å²) in [6, 6.07) is 18.2. The van der Waals surface area contributed by atoms with Crippen LogP contribution in [0.25, 0.3) is 0 Å². The predicted molar refractivity (Wildman–Crippen MR) is 177 cm³/mol. The number of carbonyl (C=O) groups excluding carboxylic acids is 4. The van der Waals surface area contributed by atoms with E-state index in [1.165, 1.54) is 23.1 Å². The van der Waals surface area contributed by atoms with Gasteiger partial charge in [0.05, 0.1) is 33.9 Å². The molecule has 2 aliphatic carbocycles. The van der Waals surface area contributed by atoms with E-state index < -0.39 is 58.2 Å². The van der Waals surface area contributed by atoms with E-state index in [-0.39, 0.29) is 41.3 Å². The number of allylic oxidation sites excluding steroid dienone is 2. The Balaban J connectivity index is 1.33. The highest BCUT2D eigenvalue weighted by atomic mass is 35.5. The Kier molecular flexibility index (Phi) is 7.55. The quantitative estimate of drug-likeness (QED) is 0.237. The predicted octanol–water partition coefficient (Wildman–Crippen LogP) is 6.79. The van der Waals surface area contributed by atoms with Gasteiger partial charge in [0, 0.05) is 23.1 Å². The molecule has 8 nitrogen and oxygen atoms in total. The molecule has 3 aromatic carbocycles. The van der Waals surface area contributed by atoms with E-state index in [1.807, 2.05) is 57.2 Å². The summed E-state index contributed by atoms with van der Waals surface area (Å²) in [4.78, 5) is 59.0. The molecule has 6 atom stereocenters. The monoisotopic (exact) mass is 670 g/mol. The first-order valence-electron chi connectivity index (χ1n) is 16.1. The first-order valence-corrected chi connectivity index (χ1v) is 16.5. The molecule has 10 heteroatoms. The first kappa shape index (κ1) is 32.1. The standard InChI is InChI=1S/C38H36ClFN2O6/c1-37(2,3)42-33(44)25-14-13-23-26(31(25)35(42)46)18-27-34(45)41(21-10-15-29(40)28(39)16-21)36(47)38(27,4)32(23)24-12-11-22(17-30(24)43)48-19-20-8-6-5-7-9-20/h5-13,15-17,25-27,31-32,43H,14,18-19H2,1-4H3/t25-,26+,27-,31-,32+,38+/m0/s1. The van der Waals surface area contributed by atoms with Crippen LogP contribution < -0.4 is 9.64 Å². The zero-order valence-electron chi connectivity index (χ0n) is 27.1. The van der Waals surface area contributed by atoms with E-state index in [0.717, 1.165) is 22.1 Å². The molecule has 1 saturated carbocycles. The Morgan fingerprint density at radius 2 is 1.69 bits per heavy atom. The lowest BCUT2D eigenvalue weighted by atomic mass is 9.51. The molecule has 3 aromatic rings. The van der Waals surface area contributed by atoms with Crippen molar-refractivity contribution in [1.29, 1.82) is 0 Å². The number of anilines is 1. The maximum absolute atomic E-state index is 14.6. The van der Waals surface area contributed by atoms with Gasteiger partial charge in [-0.05, 0) is 76.3 Å². The minimum atomic E-state index is -1.38. The smallest absolute Gasteiger partial charge is 0.241 e. The molecule has 4 amide bonds. The minimum Gasteiger partial charge on any atom is -0.508 e. The van der Waals surface area contributed by atoms with E-state index in [4.69, 9.17) is 16.3 Å². The van der Waals surface area contributed by atoms with Gasteiger partial charge in [0.1, 0.15) is 23.9 Å². The second kappa shape index (κ2) is 11.3. The number of halogens is 2. The first-order chi connectivity index (χ1) is 22.7. The number of phenols is 1. The number of nitrogens with zero attached hydrogens (tertiary/aromatic N) is 2. The number of hydrogen-bond acceptors (Lipinski definition) is 6. The van der Waals surface area contributed by atoms with E-state index >= 15 is 0 Å².